The molecular weight excluding hydrogens is 206 g/mol. The SMILES string of the molecule is CCCN1CC(CBr)CC1=O. The van der Waals surface area contributed by atoms with Crippen molar-refractivity contribution in [2.45, 2.75) is 19.8 Å². The number of hydrogen-bond acceptors (Lipinski definition) is 1. The zero-order chi connectivity index (χ0) is 8.27. The lowest BCUT2D eigenvalue weighted by Gasteiger charge is -2.14. The number of amides is 1. The Balaban J connectivity index is 2.38. The summed E-state index contributed by atoms with van der Waals surface area (Å²) in [5.41, 5.74) is 0. The molecule has 0 aliphatic carbocycles. The summed E-state index contributed by atoms with van der Waals surface area (Å²) in [6.45, 7) is 4.00. The van der Waals surface area contributed by atoms with Gasteiger partial charge in [-0.15, -0.1) is 0 Å². The van der Waals surface area contributed by atoms with Crippen LogP contribution in [-0.4, -0.2) is 29.2 Å². The van der Waals surface area contributed by atoms with Gasteiger partial charge in [0.05, 0.1) is 0 Å². The zero-order valence-electron chi connectivity index (χ0n) is 6.85. The molecule has 11 heavy (non-hydrogen) atoms. The van der Waals surface area contributed by atoms with Crippen molar-refractivity contribution < 1.29 is 4.79 Å². The summed E-state index contributed by atoms with van der Waals surface area (Å²) in [6.07, 6.45) is 1.81. The van der Waals surface area contributed by atoms with Gasteiger partial charge in [-0.1, -0.05) is 22.9 Å². The van der Waals surface area contributed by atoms with Crippen molar-refractivity contribution in [2.75, 3.05) is 18.4 Å². The Morgan fingerprint density at radius 3 is 2.91 bits per heavy atom. The Hall–Kier alpha value is -0.0500. The highest BCUT2D eigenvalue weighted by Gasteiger charge is 2.27. The fourth-order valence-electron chi connectivity index (χ4n) is 1.44. The highest BCUT2D eigenvalue weighted by molar-refractivity contribution is 9.09. The van der Waals surface area contributed by atoms with Crippen LogP contribution in [0.2, 0.25) is 0 Å². The number of halogens is 1. The summed E-state index contributed by atoms with van der Waals surface area (Å²) in [6, 6.07) is 0. The lowest BCUT2D eigenvalue weighted by Crippen LogP contribution is -2.25. The smallest absolute Gasteiger partial charge is 0.222 e. The van der Waals surface area contributed by atoms with E-state index in [1.54, 1.807) is 0 Å². The first-order chi connectivity index (χ1) is 5.27. The minimum atomic E-state index is 0.330. The molecule has 0 aromatic rings. The highest BCUT2D eigenvalue weighted by Crippen LogP contribution is 2.19. The van der Waals surface area contributed by atoms with Gasteiger partial charge in [0.25, 0.3) is 0 Å². The van der Waals surface area contributed by atoms with Gasteiger partial charge < -0.3 is 4.90 Å². The molecule has 1 aliphatic rings. The van der Waals surface area contributed by atoms with Crippen LogP contribution in [0.25, 0.3) is 0 Å². The molecule has 1 unspecified atom stereocenters. The number of nitrogens with zero attached hydrogens (tertiary/aromatic N) is 1. The summed E-state index contributed by atoms with van der Waals surface area (Å²) in [4.78, 5) is 13.2. The van der Waals surface area contributed by atoms with Crippen molar-refractivity contribution in [3.05, 3.63) is 0 Å². The molecule has 2 nitrogen and oxygen atoms in total. The predicted molar refractivity (Wildman–Crippen MR) is 48.8 cm³/mol. The van der Waals surface area contributed by atoms with E-state index in [-0.39, 0.29) is 0 Å². The first-order valence-corrected chi connectivity index (χ1v) is 5.23. The molecule has 0 spiro atoms. The van der Waals surface area contributed by atoms with Crippen molar-refractivity contribution in [2.24, 2.45) is 5.92 Å². The average Bonchev–Trinajstić information content (AvgIpc) is 2.33. The largest absolute Gasteiger partial charge is 0.342 e. The highest BCUT2D eigenvalue weighted by atomic mass is 79.9. The Labute approximate surface area is 76.1 Å². The normalized spacial score (nSPS) is 24.7. The minimum absolute atomic E-state index is 0.330. The number of rotatable bonds is 3. The maximum Gasteiger partial charge on any atom is 0.222 e. The quantitative estimate of drug-likeness (QED) is 0.662. The number of carbonyl (C=O) groups is 1. The van der Waals surface area contributed by atoms with Crippen molar-refractivity contribution in [1.29, 1.82) is 0 Å². The molecule has 1 fully saturated rings. The van der Waals surface area contributed by atoms with Crippen LogP contribution >= 0.6 is 15.9 Å². The van der Waals surface area contributed by atoms with E-state index in [4.69, 9.17) is 0 Å². The zero-order valence-corrected chi connectivity index (χ0v) is 8.43. The van der Waals surface area contributed by atoms with E-state index in [1.807, 2.05) is 4.90 Å². The number of hydrogen-bond donors (Lipinski definition) is 0. The topological polar surface area (TPSA) is 20.3 Å². The number of likely N-dealkylation sites (tertiary alicyclic amines) is 1. The van der Waals surface area contributed by atoms with Gasteiger partial charge >= 0.3 is 0 Å². The molecule has 64 valence electrons. The third kappa shape index (κ3) is 2.19. The standard InChI is InChI=1S/C8H14BrNO/c1-2-3-10-6-7(5-9)4-8(10)11/h7H,2-6H2,1H3. The maximum atomic E-state index is 11.2. The van der Waals surface area contributed by atoms with E-state index in [2.05, 4.69) is 22.9 Å². The van der Waals surface area contributed by atoms with Crippen LogP contribution < -0.4 is 0 Å². The molecule has 1 saturated heterocycles. The second kappa shape index (κ2) is 4.10. The predicted octanol–water partition coefficient (Wildman–Crippen LogP) is 1.64. The van der Waals surface area contributed by atoms with E-state index in [9.17, 15) is 4.79 Å². The van der Waals surface area contributed by atoms with Gasteiger partial charge in [-0.25, -0.2) is 0 Å². The molecule has 0 aromatic carbocycles. The van der Waals surface area contributed by atoms with Crippen LogP contribution in [0.3, 0.4) is 0 Å². The van der Waals surface area contributed by atoms with Gasteiger partial charge in [-0.3, -0.25) is 4.79 Å². The summed E-state index contributed by atoms with van der Waals surface area (Å²) in [5.74, 6) is 0.880. The van der Waals surface area contributed by atoms with Gasteiger partial charge in [0.2, 0.25) is 5.91 Å². The molecule has 3 heteroatoms. The van der Waals surface area contributed by atoms with E-state index in [0.29, 0.717) is 11.8 Å². The van der Waals surface area contributed by atoms with E-state index in [1.165, 1.54) is 0 Å². The fourth-order valence-corrected chi connectivity index (χ4v) is 1.88. The molecule has 1 aliphatic heterocycles. The molecule has 1 heterocycles. The van der Waals surface area contributed by atoms with Crippen LogP contribution in [0.15, 0.2) is 0 Å². The number of alkyl halides is 1. The Kier molecular flexibility index (Phi) is 3.37. The van der Waals surface area contributed by atoms with Gasteiger partial charge in [-0.2, -0.15) is 0 Å². The molecule has 0 aromatic heterocycles. The fraction of sp³-hybridized carbons (Fsp3) is 0.875. The minimum Gasteiger partial charge on any atom is -0.342 e. The molecule has 1 atom stereocenters. The molecular formula is C8H14BrNO. The lowest BCUT2D eigenvalue weighted by atomic mass is 10.2. The van der Waals surface area contributed by atoms with Crippen LogP contribution in [-0.2, 0) is 4.79 Å². The molecule has 1 amide bonds. The first kappa shape index (κ1) is 9.04. The molecule has 0 bridgehead atoms. The van der Waals surface area contributed by atoms with Gasteiger partial charge in [-0.05, 0) is 12.3 Å². The van der Waals surface area contributed by atoms with Crippen LogP contribution in [0.1, 0.15) is 19.8 Å². The lowest BCUT2D eigenvalue weighted by molar-refractivity contribution is -0.127. The molecule has 1 rings (SSSR count). The monoisotopic (exact) mass is 219 g/mol. The van der Waals surface area contributed by atoms with E-state index < -0.39 is 0 Å². The van der Waals surface area contributed by atoms with Gasteiger partial charge in [0, 0.05) is 24.8 Å². The van der Waals surface area contributed by atoms with E-state index >= 15 is 0 Å². The Morgan fingerprint density at radius 2 is 2.45 bits per heavy atom. The number of carbonyl (C=O) groups excluding carboxylic acids is 1. The second-order valence-corrected chi connectivity index (χ2v) is 3.71. The Morgan fingerprint density at radius 1 is 1.73 bits per heavy atom. The Bertz CT molecular complexity index is 149. The average molecular weight is 220 g/mol. The summed E-state index contributed by atoms with van der Waals surface area (Å²) >= 11 is 3.40. The van der Waals surface area contributed by atoms with E-state index in [0.717, 1.165) is 31.3 Å². The van der Waals surface area contributed by atoms with Crippen molar-refractivity contribution >= 4 is 21.8 Å². The van der Waals surface area contributed by atoms with Gasteiger partial charge in [0.1, 0.15) is 0 Å². The van der Waals surface area contributed by atoms with Crippen LogP contribution in [0.4, 0.5) is 0 Å². The third-order valence-electron chi connectivity index (χ3n) is 2.01. The van der Waals surface area contributed by atoms with Crippen molar-refractivity contribution in [1.82, 2.24) is 4.90 Å². The third-order valence-corrected chi connectivity index (χ3v) is 2.92. The summed E-state index contributed by atoms with van der Waals surface area (Å²) in [5, 5.41) is 0.957. The van der Waals surface area contributed by atoms with Crippen molar-refractivity contribution in [3.63, 3.8) is 0 Å². The van der Waals surface area contributed by atoms with Crippen LogP contribution in [0, 0.1) is 5.92 Å². The second-order valence-electron chi connectivity index (χ2n) is 3.06. The molecule has 0 N–H and O–H groups in total. The summed E-state index contributed by atoms with van der Waals surface area (Å²) in [7, 11) is 0. The summed E-state index contributed by atoms with van der Waals surface area (Å²) < 4.78 is 0. The first-order valence-electron chi connectivity index (χ1n) is 4.11. The van der Waals surface area contributed by atoms with Gasteiger partial charge in [0.15, 0.2) is 0 Å². The molecule has 0 radical (unpaired) electrons. The van der Waals surface area contributed by atoms with Crippen molar-refractivity contribution in [3.8, 4) is 0 Å². The van der Waals surface area contributed by atoms with Crippen LogP contribution in [0.5, 0.6) is 0 Å². The maximum absolute atomic E-state index is 11.2. The molecule has 0 saturated carbocycles.